The Morgan fingerprint density at radius 2 is 1.05 bits per heavy atom. The summed E-state index contributed by atoms with van der Waals surface area (Å²) in [5, 5.41) is 2.49. The van der Waals surface area contributed by atoms with Crippen LogP contribution in [0.2, 0.25) is 0 Å². The van der Waals surface area contributed by atoms with Crippen LogP contribution in [0.5, 0.6) is 11.5 Å². The molecular weight excluding hydrogens is 695 g/mol. The lowest BCUT2D eigenvalue weighted by molar-refractivity contribution is 0.436. The molecule has 0 amide bonds. The van der Waals surface area contributed by atoms with Crippen LogP contribution in [-0.4, -0.2) is 15.0 Å². The second kappa shape index (κ2) is 12.3. The number of hydrogen-bond donors (Lipinski definition) is 0. The van der Waals surface area contributed by atoms with Crippen LogP contribution in [-0.2, 0) is 11.8 Å². The van der Waals surface area contributed by atoms with Crippen molar-refractivity contribution in [1.29, 1.82) is 0 Å². The number of nitrogens with zero attached hydrogens (tertiary/aromatic N) is 3. The van der Waals surface area contributed by atoms with E-state index < -0.39 is 5.41 Å². The van der Waals surface area contributed by atoms with Gasteiger partial charge in [-0.05, 0) is 92.0 Å². The summed E-state index contributed by atoms with van der Waals surface area (Å²) in [6.45, 7) is 0. The molecule has 1 aromatic heterocycles. The van der Waals surface area contributed by atoms with Gasteiger partial charge in [0.05, 0.1) is 5.41 Å². The van der Waals surface area contributed by atoms with Gasteiger partial charge in [0.1, 0.15) is 11.5 Å². The van der Waals surface area contributed by atoms with Crippen molar-refractivity contribution in [3.8, 4) is 67.9 Å². The molecule has 9 aromatic rings. The fourth-order valence-electron chi connectivity index (χ4n) is 9.58. The molecule has 0 radical (unpaired) electrons. The lowest BCUT2D eigenvalue weighted by Crippen LogP contribution is -2.32. The van der Waals surface area contributed by atoms with Crippen molar-refractivity contribution in [3.05, 3.63) is 215 Å². The van der Waals surface area contributed by atoms with Gasteiger partial charge in [-0.3, -0.25) is 0 Å². The molecule has 4 heteroatoms. The summed E-state index contributed by atoms with van der Waals surface area (Å²) in [7, 11) is 0. The minimum Gasteiger partial charge on any atom is -0.457 e. The van der Waals surface area contributed by atoms with Gasteiger partial charge in [0.25, 0.3) is 0 Å². The molecule has 1 aliphatic heterocycles. The molecule has 3 aliphatic rings. The first kappa shape index (κ1) is 31.9. The van der Waals surface area contributed by atoms with Gasteiger partial charge >= 0.3 is 0 Å². The fraction of sp³-hybridized carbons (Fsp3) is 0.0377. The normalized spacial score (nSPS) is 13.8. The minimum absolute atomic E-state index is 0.562. The van der Waals surface area contributed by atoms with E-state index in [-0.39, 0.29) is 0 Å². The molecule has 266 valence electrons. The highest BCUT2D eigenvalue weighted by Gasteiger charge is 2.51. The number of para-hydroxylation sites is 1. The number of fused-ring (bicyclic) bond motifs is 9. The molecule has 2 heterocycles. The number of ether oxygens (including phenoxy) is 1. The summed E-state index contributed by atoms with van der Waals surface area (Å²) >= 11 is 0. The lowest BCUT2D eigenvalue weighted by Gasteiger charge is -2.39. The molecule has 0 unspecified atom stereocenters. The van der Waals surface area contributed by atoms with Crippen molar-refractivity contribution in [2.75, 3.05) is 0 Å². The molecule has 4 nitrogen and oxygen atoms in total. The Kier molecular flexibility index (Phi) is 6.87. The zero-order valence-electron chi connectivity index (χ0n) is 30.9. The zero-order chi connectivity index (χ0) is 37.5. The maximum absolute atomic E-state index is 6.75. The summed E-state index contributed by atoms with van der Waals surface area (Å²) in [5.41, 5.74) is 14.2. The highest BCUT2D eigenvalue weighted by molar-refractivity contribution is 5.98. The van der Waals surface area contributed by atoms with Gasteiger partial charge in [0, 0.05) is 27.8 Å². The standard InChI is InChI=1S/C53H33N3O/c1-2-14-34(15-3-1)50-54-51(38-30-36-18-12-16-33-17-13-19-37(31-38)49(33)36)56-52(55-50)42-23-5-4-20-39(42)35-28-29-48-46(32-35)53(45-26-10-11-27-47(45)57-48)43-24-8-6-21-40(43)41-22-7-9-25-44(41)53/h1-16,18-32H,17H2. The van der Waals surface area contributed by atoms with Crippen molar-refractivity contribution in [1.82, 2.24) is 15.0 Å². The third-order valence-electron chi connectivity index (χ3n) is 12.0. The average Bonchev–Trinajstić information content (AvgIpc) is 3.57. The Labute approximate surface area is 330 Å². The van der Waals surface area contributed by atoms with Gasteiger partial charge < -0.3 is 4.74 Å². The van der Waals surface area contributed by atoms with Gasteiger partial charge in [-0.15, -0.1) is 0 Å². The summed E-state index contributed by atoms with van der Waals surface area (Å²) in [5.74, 6) is 3.64. The molecule has 8 aromatic carbocycles. The van der Waals surface area contributed by atoms with Gasteiger partial charge in [0.2, 0.25) is 0 Å². The Hall–Kier alpha value is -7.43. The van der Waals surface area contributed by atoms with Crippen LogP contribution in [0.15, 0.2) is 182 Å². The van der Waals surface area contributed by atoms with Crippen molar-refractivity contribution in [2.45, 2.75) is 11.8 Å². The van der Waals surface area contributed by atoms with Crippen LogP contribution >= 0.6 is 0 Å². The van der Waals surface area contributed by atoms with E-state index in [0.717, 1.165) is 56.9 Å². The van der Waals surface area contributed by atoms with E-state index >= 15 is 0 Å². The van der Waals surface area contributed by atoms with Gasteiger partial charge in [-0.2, -0.15) is 0 Å². The maximum Gasteiger partial charge on any atom is 0.164 e. The summed E-state index contributed by atoms with van der Waals surface area (Å²) in [6.07, 6.45) is 5.40. The van der Waals surface area contributed by atoms with E-state index in [1.54, 1.807) is 0 Å². The summed E-state index contributed by atoms with van der Waals surface area (Å²) in [6, 6.07) is 62.5. The van der Waals surface area contributed by atoms with E-state index in [0.29, 0.717) is 17.5 Å². The molecule has 57 heavy (non-hydrogen) atoms. The quantitative estimate of drug-likeness (QED) is 0.181. The monoisotopic (exact) mass is 727 g/mol. The van der Waals surface area contributed by atoms with Crippen molar-refractivity contribution >= 4 is 16.8 Å². The van der Waals surface area contributed by atoms with E-state index in [9.17, 15) is 0 Å². The SMILES string of the molecule is C1=Cc2cc(-c3nc(-c4ccccc4)nc(-c4ccccc4-c4ccc5c(c4)C4(c6ccccc6O5)c5ccccc5-c5ccccc54)n3)cc3cccc(c23)C1. The van der Waals surface area contributed by atoms with Crippen LogP contribution < -0.4 is 4.74 Å². The summed E-state index contributed by atoms with van der Waals surface area (Å²) < 4.78 is 6.75. The molecule has 0 bridgehead atoms. The second-order valence-corrected chi connectivity index (χ2v) is 15.1. The minimum atomic E-state index is -0.562. The van der Waals surface area contributed by atoms with Crippen LogP contribution in [0.1, 0.15) is 33.4 Å². The topological polar surface area (TPSA) is 47.9 Å². The molecule has 0 saturated carbocycles. The summed E-state index contributed by atoms with van der Waals surface area (Å²) in [4.78, 5) is 15.6. The van der Waals surface area contributed by atoms with Crippen molar-refractivity contribution in [3.63, 3.8) is 0 Å². The fourth-order valence-corrected chi connectivity index (χ4v) is 9.58. The molecule has 0 saturated heterocycles. The molecule has 12 rings (SSSR count). The molecule has 2 aliphatic carbocycles. The second-order valence-electron chi connectivity index (χ2n) is 15.1. The molecular formula is C53H33N3O. The maximum atomic E-state index is 6.75. The third kappa shape index (κ3) is 4.71. The smallest absolute Gasteiger partial charge is 0.164 e. The number of aromatic nitrogens is 3. The van der Waals surface area contributed by atoms with Crippen molar-refractivity contribution in [2.24, 2.45) is 0 Å². The van der Waals surface area contributed by atoms with Gasteiger partial charge in [0.15, 0.2) is 17.5 Å². The van der Waals surface area contributed by atoms with Gasteiger partial charge in [-0.25, -0.2) is 15.0 Å². The Morgan fingerprint density at radius 1 is 0.421 bits per heavy atom. The van der Waals surface area contributed by atoms with E-state index in [4.69, 9.17) is 19.7 Å². The molecule has 0 fully saturated rings. The predicted octanol–water partition coefficient (Wildman–Crippen LogP) is 12.7. The van der Waals surface area contributed by atoms with E-state index in [2.05, 4.69) is 170 Å². The predicted molar refractivity (Wildman–Crippen MR) is 229 cm³/mol. The molecule has 0 atom stereocenters. The zero-order valence-corrected chi connectivity index (χ0v) is 30.9. The van der Waals surface area contributed by atoms with Gasteiger partial charge in [-0.1, -0.05) is 158 Å². The number of benzene rings is 8. The third-order valence-corrected chi connectivity index (χ3v) is 12.0. The van der Waals surface area contributed by atoms with Crippen LogP contribution in [0.25, 0.3) is 73.3 Å². The van der Waals surface area contributed by atoms with E-state index in [1.165, 1.54) is 44.2 Å². The number of hydrogen-bond acceptors (Lipinski definition) is 4. The Bertz CT molecular complexity index is 3100. The number of rotatable bonds is 4. The van der Waals surface area contributed by atoms with Crippen LogP contribution in [0, 0.1) is 0 Å². The highest BCUT2D eigenvalue weighted by Crippen LogP contribution is 2.62. The largest absolute Gasteiger partial charge is 0.457 e. The van der Waals surface area contributed by atoms with E-state index in [1.807, 2.05) is 18.2 Å². The first-order valence-electron chi connectivity index (χ1n) is 19.5. The van der Waals surface area contributed by atoms with Crippen LogP contribution in [0.4, 0.5) is 0 Å². The van der Waals surface area contributed by atoms with Crippen LogP contribution in [0.3, 0.4) is 0 Å². The lowest BCUT2D eigenvalue weighted by atomic mass is 9.65. The average molecular weight is 728 g/mol. The first-order chi connectivity index (χ1) is 28.2. The highest BCUT2D eigenvalue weighted by atomic mass is 16.5. The van der Waals surface area contributed by atoms with Crippen molar-refractivity contribution < 1.29 is 4.74 Å². The molecule has 1 spiro atoms. The number of allylic oxidation sites excluding steroid dienone is 1. The Morgan fingerprint density at radius 3 is 1.84 bits per heavy atom. The Balaban J connectivity index is 1.08. The molecule has 0 N–H and O–H groups in total. The first-order valence-corrected chi connectivity index (χ1v) is 19.5.